The average molecular weight is 332 g/mol. The van der Waals surface area contributed by atoms with Crippen LogP contribution in [-0.4, -0.2) is 11.0 Å². The van der Waals surface area contributed by atoms with Crippen LogP contribution in [0.4, 0.5) is 11.4 Å². The standard InChI is InChI=1S/C13H9Cl3N2O2/c14-8-5-7(1-2-11(8)19)18-13(20)6-3-9(15)12(17)10(16)4-6/h1-5,19H,17H2,(H,18,20). The number of carbonyl (C=O) groups excluding carboxylic acids is 1. The van der Waals surface area contributed by atoms with Gasteiger partial charge in [0.1, 0.15) is 5.75 Å². The minimum Gasteiger partial charge on any atom is -0.506 e. The Morgan fingerprint density at radius 1 is 1.05 bits per heavy atom. The van der Waals surface area contributed by atoms with Gasteiger partial charge in [-0.05, 0) is 30.3 Å². The second kappa shape index (κ2) is 5.79. The molecule has 0 bridgehead atoms. The summed E-state index contributed by atoms with van der Waals surface area (Å²) in [6.07, 6.45) is 0. The lowest BCUT2D eigenvalue weighted by Crippen LogP contribution is -2.12. The molecule has 7 heteroatoms. The minimum atomic E-state index is -0.421. The number of nitrogens with two attached hydrogens (primary N) is 1. The summed E-state index contributed by atoms with van der Waals surface area (Å²) in [5.74, 6) is -0.487. The molecule has 0 radical (unpaired) electrons. The zero-order chi connectivity index (χ0) is 14.9. The maximum atomic E-state index is 12.1. The van der Waals surface area contributed by atoms with E-state index in [1.54, 1.807) is 0 Å². The largest absolute Gasteiger partial charge is 0.506 e. The van der Waals surface area contributed by atoms with E-state index in [1.807, 2.05) is 0 Å². The summed E-state index contributed by atoms with van der Waals surface area (Å²) >= 11 is 17.5. The number of phenols is 1. The Hall–Kier alpha value is -1.62. The average Bonchev–Trinajstić information content (AvgIpc) is 2.39. The summed E-state index contributed by atoms with van der Waals surface area (Å²) in [6.45, 7) is 0. The Morgan fingerprint density at radius 2 is 1.65 bits per heavy atom. The number of nitrogens with one attached hydrogen (secondary N) is 1. The number of carbonyl (C=O) groups is 1. The molecule has 4 N–H and O–H groups in total. The van der Waals surface area contributed by atoms with Gasteiger partial charge in [0.05, 0.1) is 20.8 Å². The molecule has 0 aliphatic heterocycles. The van der Waals surface area contributed by atoms with Gasteiger partial charge in [0, 0.05) is 11.3 Å². The first-order valence-electron chi connectivity index (χ1n) is 5.43. The first kappa shape index (κ1) is 14.8. The first-order valence-corrected chi connectivity index (χ1v) is 6.56. The quantitative estimate of drug-likeness (QED) is 0.570. The van der Waals surface area contributed by atoms with Gasteiger partial charge in [-0.2, -0.15) is 0 Å². The molecule has 1 amide bonds. The topological polar surface area (TPSA) is 75.4 Å². The maximum absolute atomic E-state index is 12.1. The fourth-order valence-corrected chi connectivity index (χ4v) is 2.17. The van der Waals surface area contributed by atoms with Gasteiger partial charge in [0.2, 0.25) is 0 Å². The second-order valence-electron chi connectivity index (χ2n) is 3.97. The van der Waals surface area contributed by atoms with Crippen LogP contribution in [0.2, 0.25) is 15.1 Å². The third-order valence-electron chi connectivity index (χ3n) is 2.55. The molecule has 0 heterocycles. The van der Waals surface area contributed by atoms with E-state index in [2.05, 4.69) is 5.32 Å². The maximum Gasteiger partial charge on any atom is 0.255 e. The number of anilines is 2. The van der Waals surface area contributed by atoms with Crippen molar-refractivity contribution < 1.29 is 9.90 Å². The number of nitrogen functional groups attached to an aromatic ring is 1. The highest BCUT2D eigenvalue weighted by Crippen LogP contribution is 2.30. The highest BCUT2D eigenvalue weighted by Gasteiger charge is 2.12. The SMILES string of the molecule is Nc1c(Cl)cc(C(=O)Nc2ccc(O)c(Cl)c2)cc1Cl. The van der Waals surface area contributed by atoms with Crippen molar-refractivity contribution in [1.29, 1.82) is 0 Å². The van der Waals surface area contributed by atoms with Gasteiger partial charge in [-0.15, -0.1) is 0 Å². The van der Waals surface area contributed by atoms with Gasteiger partial charge in [-0.1, -0.05) is 34.8 Å². The van der Waals surface area contributed by atoms with Crippen LogP contribution in [0.25, 0.3) is 0 Å². The van der Waals surface area contributed by atoms with E-state index in [0.29, 0.717) is 5.69 Å². The smallest absolute Gasteiger partial charge is 0.255 e. The third-order valence-corrected chi connectivity index (χ3v) is 3.47. The van der Waals surface area contributed by atoms with Crippen molar-refractivity contribution in [1.82, 2.24) is 0 Å². The summed E-state index contributed by atoms with van der Waals surface area (Å²) < 4.78 is 0. The normalized spacial score (nSPS) is 10.3. The number of benzene rings is 2. The number of halogens is 3. The van der Waals surface area contributed by atoms with Crippen LogP contribution in [-0.2, 0) is 0 Å². The van der Waals surface area contributed by atoms with Gasteiger partial charge >= 0.3 is 0 Å². The summed E-state index contributed by atoms with van der Waals surface area (Å²) in [6, 6.07) is 7.15. The number of aromatic hydroxyl groups is 1. The fraction of sp³-hybridized carbons (Fsp3) is 0. The van der Waals surface area contributed by atoms with Crippen LogP contribution in [0.15, 0.2) is 30.3 Å². The molecule has 0 spiro atoms. The highest BCUT2D eigenvalue weighted by molar-refractivity contribution is 6.39. The van der Waals surface area contributed by atoms with E-state index in [0.717, 1.165) is 0 Å². The van der Waals surface area contributed by atoms with Gasteiger partial charge in [0.15, 0.2) is 0 Å². The van der Waals surface area contributed by atoms with E-state index < -0.39 is 5.91 Å². The van der Waals surface area contributed by atoms with E-state index in [9.17, 15) is 9.90 Å². The monoisotopic (exact) mass is 330 g/mol. The van der Waals surface area contributed by atoms with Crippen LogP contribution in [0, 0.1) is 0 Å². The molecule has 0 fully saturated rings. The predicted molar refractivity (Wildman–Crippen MR) is 81.9 cm³/mol. The van der Waals surface area contributed by atoms with E-state index in [-0.39, 0.29) is 32.1 Å². The lowest BCUT2D eigenvalue weighted by Gasteiger charge is -2.08. The summed E-state index contributed by atoms with van der Waals surface area (Å²) in [5, 5.41) is 12.4. The van der Waals surface area contributed by atoms with Crippen molar-refractivity contribution >= 4 is 52.1 Å². The third kappa shape index (κ3) is 3.10. The summed E-state index contributed by atoms with van der Waals surface area (Å²) in [4.78, 5) is 12.1. The zero-order valence-corrected chi connectivity index (χ0v) is 12.2. The van der Waals surface area contributed by atoms with Crippen molar-refractivity contribution in [2.75, 3.05) is 11.1 Å². The van der Waals surface area contributed by atoms with Crippen molar-refractivity contribution in [2.24, 2.45) is 0 Å². The van der Waals surface area contributed by atoms with E-state index in [1.165, 1.54) is 30.3 Å². The summed E-state index contributed by atoms with van der Waals surface area (Å²) in [7, 11) is 0. The van der Waals surface area contributed by atoms with Crippen LogP contribution >= 0.6 is 34.8 Å². The van der Waals surface area contributed by atoms with Gasteiger partial charge < -0.3 is 16.2 Å². The van der Waals surface area contributed by atoms with Gasteiger partial charge in [0.25, 0.3) is 5.91 Å². The molecule has 2 rings (SSSR count). The predicted octanol–water partition coefficient (Wildman–Crippen LogP) is 4.19. The Bertz CT molecular complexity index is 666. The molecule has 0 atom stereocenters. The second-order valence-corrected chi connectivity index (χ2v) is 5.20. The fourth-order valence-electron chi connectivity index (χ4n) is 1.50. The molecule has 2 aromatic carbocycles. The molecular weight excluding hydrogens is 323 g/mol. The van der Waals surface area contributed by atoms with Gasteiger partial charge in [-0.25, -0.2) is 0 Å². The molecule has 0 aromatic heterocycles. The first-order chi connectivity index (χ1) is 9.38. The number of phenolic OH excluding ortho intramolecular Hbond substituents is 1. The molecule has 0 aliphatic carbocycles. The van der Waals surface area contributed by atoms with E-state index >= 15 is 0 Å². The van der Waals surface area contributed by atoms with Crippen molar-refractivity contribution in [3.8, 4) is 5.75 Å². The molecular formula is C13H9Cl3N2O2. The Kier molecular flexibility index (Phi) is 4.28. The molecule has 104 valence electrons. The summed E-state index contributed by atoms with van der Waals surface area (Å²) in [5.41, 5.74) is 6.51. The molecule has 0 saturated heterocycles. The number of rotatable bonds is 2. The molecule has 0 unspecified atom stereocenters. The van der Waals surface area contributed by atoms with Crippen LogP contribution in [0.3, 0.4) is 0 Å². The van der Waals surface area contributed by atoms with Crippen LogP contribution in [0.1, 0.15) is 10.4 Å². The minimum absolute atomic E-state index is 0.0664. The molecule has 0 saturated carbocycles. The van der Waals surface area contributed by atoms with Gasteiger partial charge in [-0.3, -0.25) is 4.79 Å². The molecule has 2 aromatic rings. The molecule has 4 nitrogen and oxygen atoms in total. The number of amides is 1. The Morgan fingerprint density at radius 3 is 2.20 bits per heavy atom. The van der Waals surface area contributed by atoms with Crippen LogP contribution in [0.5, 0.6) is 5.75 Å². The Balaban J connectivity index is 2.26. The highest BCUT2D eigenvalue weighted by atomic mass is 35.5. The van der Waals surface area contributed by atoms with E-state index in [4.69, 9.17) is 40.5 Å². The van der Waals surface area contributed by atoms with Crippen molar-refractivity contribution in [3.63, 3.8) is 0 Å². The van der Waals surface area contributed by atoms with Crippen molar-refractivity contribution in [3.05, 3.63) is 51.0 Å². The van der Waals surface area contributed by atoms with Crippen molar-refractivity contribution in [2.45, 2.75) is 0 Å². The lowest BCUT2D eigenvalue weighted by molar-refractivity contribution is 0.102. The molecule has 20 heavy (non-hydrogen) atoms. The molecule has 0 aliphatic rings. The Labute approximate surface area is 130 Å². The number of hydrogen-bond acceptors (Lipinski definition) is 3. The lowest BCUT2D eigenvalue weighted by atomic mass is 10.2. The van der Waals surface area contributed by atoms with Crippen LogP contribution < -0.4 is 11.1 Å². The zero-order valence-electron chi connectivity index (χ0n) is 9.95. The number of hydrogen-bond donors (Lipinski definition) is 3.